The first-order valence-corrected chi connectivity index (χ1v) is 5.31. The molecule has 0 radical (unpaired) electrons. The Hall–Kier alpha value is -2.49. The van der Waals surface area contributed by atoms with E-state index in [1.54, 1.807) is 16.8 Å². The predicted octanol–water partition coefficient (Wildman–Crippen LogP) is 1.18. The highest BCUT2D eigenvalue weighted by Crippen LogP contribution is 2.10. The minimum atomic E-state index is -0.139. The molecule has 0 amide bonds. The van der Waals surface area contributed by atoms with Crippen LogP contribution < -0.4 is 10.1 Å². The van der Waals surface area contributed by atoms with Crippen molar-refractivity contribution in [1.29, 1.82) is 0 Å². The first-order chi connectivity index (χ1) is 8.34. The Balaban J connectivity index is 2.30. The van der Waals surface area contributed by atoms with Crippen LogP contribution in [0.15, 0.2) is 59.5 Å². The van der Waals surface area contributed by atoms with E-state index in [0.29, 0.717) is 11.3 Å². The number of hydrogen-bond acceptors (Lipinski definition) is 2. The molecular formula is C13H10N3O+. The fourth-order valence-electron chi connectivity index (χ4n) is 1.73. The van der Waals surface area contributed by atoms with Gasteiger partial charge in [0.15, 0.2) is 0 Å². The van der Waals surface area contributed by atoms with Crippen molar-refractivity contribution < 1.29 is 4.52 Å². The maximum Gasteiger partial charge on any atom is 0.324 e. The minimum Gasteiger partial charge on any atom is -0.296 e. The first kappa shape index (κ1) is 9.72. The molecule has 0 aliphatic heterocycles. The summed E-state index contributed by atoms with van der Waals surface area (Å²) in [5.74, 6) is 0.569. The zero-order valence-electron chi connectivity index (χ0n) is 9.00. The van der Waals surface area contributed by atoms with E-state index in [9.17, 15) is 4.79 Å². The highest BCUT2D eigenvalue weighted by Gasteiger charge is 2.11. The van der Waals surface area contributed by atoms with Gasteiger partial charge in [0.05, 0.1) is 0 Å². The van der Waals surface area contributed by atoms with Crippen molar-refractivity contribution in [3.05, 3.63) is 65.1 Å². The lowest BCUT2D eigenvalue weighted by Crippen LogP contribution is -2.34. The molecule has 1 N–H and O–H groups in total. The van der Waals surface area contributed by atoms with Gasteiger partial charge in [-0.05, 0) is 10.6 Å². The second-order valence-corrected chi connectivity index (χ2v) is 3.70. The monoisotopic (exact) mass is 224 g/mol. The van der Waals surface area contributed by atoms with Gasteiger partial charge in [-0.1, -0.05) is 30.3 Å². The molecule has 82 valence electrons. The van der Waals surface area contributed by atoms with Crippen molar-refractivity contribution in [2.75, 3.05) is 0 Å². The maximum atomic E-state index is 11.9. The average molecular weight is 224 g/mol. The summed E-state index contributed by atoms with van der Waals surface area (Å²) in [6, 6.07) is 15.0. The van der Waals surface area contributed by atoms with Gasteiger partial charge < -0.3 is 0 Å². The van der Waals surface area contributed by atoms with Gasteiger partial charge in [0.1, 0.15) is 0 Å². The predicted molar refractivity (Wildman–Crippen MR) is 63.5 cm³/mol. The van der Waals surface area contributed by atoms with E-state index in [4.69, 9.17) is 0 Å². The molecule has 3 rings (SSSR count). The fraction of sp³-hybridized carbons (Fsp3) is 0. The van der Waals surface area contributed by atoms with Crippen LogP contribution in [-0.2, 0) is 0 Å². The highest BCUT2D eigenvalue weighted by molar-refractivity contribution is 5.54. The van der Waals surface area contributed by atoms with Crippen LogP contribution in [-0.4, -0.2) is 10.1 Å². The summed E-state index contributed by atoms with van der Waals surface area (Å²) < 4.78 is 1.58. The average Bonchev–Trinajstić information content (AvgIpc) is 2.40. The number of hydrogen-bond donors (Lipinski definition) is 1. The second kappa shape index (κ2) is 3.83. The van der Waals surface area contributed by atoms with Crippen LogP contribution in [0.1, 0.15) is 0 Å². The summed E-state index contributed by atoms with van der Waals surface area (Å²) in [7, 11) is 0. The van der Waals surface area contributed by atoms with Crippen LogP contribution in [0, 0.1) is 0 Å². The summed E-state index contributed by atoms with van der Waals surface area (Å²) in [5.41, 5.74) is 1.29. The number of rotatable bonds is 1. The van der Waals surface area contributed by atoms with Crippen LogP contribution in [0.3, 0.4) is 0 Å². The van der Waals surface area contributed by atoms with Gasteiger partial charge in [-0.25, -0.2) is 0 Å². The summed E-state index contributed by atoms with van der Waals surface area (Å²) in [4.78, 5) is 14.6. The lowest BCUT2D eigenvalue weighted by atomic mass is 10.2. The number of benzene rings is 1. The summed E-state index contributed by atoms with van der Waals surface area (Å²) >= 11 is 0. The lowest BCUT2D eigenvalue weighted by Gasteiger charge is -1.96. The van der Waals surface area contributed by atoms with Gasteiger partial charge >= 0.3 is 11.1 Å². The number of fused-ring (bicyclic) bond motifs is 1. The maximum absolute atomic E-state index is 11.9. The molecule has 0 fully saturated rings. The largest absolute Gasteiger partial charge is 0.324 e. The lowest BCUT2D eigenvalue weighted by molar-refractivity contribution is -0.581. The van der Waals surface area contributed by atoms with Gasteiger partial charge in [0.2, 0.25) is 12.0 Å². The Morgan fingerprint density at radius 3 is 2.59 bits per heavy atom. The molecule has 0 aliphatic rings. The van der Waals surface area contributed by atoms with E-state index in [0.717, 1.165) is 5.56 Å². The first-order valence-electron chi connectivity index (χ1n) is 5.31. The molecule has 4 nitrogen and oxygen atoms in total. The third kappa shape index (κ3) is 1.69. The zero-order valence-corrected chi connectivity index (χ0v) is 9.00. The molecular weight excluding hydrogens is 214 g/mol. The quantitative estimate of drug-likeness (QED) is 0.631. The molecule has 4 heteroatoms. The van der Waals surface area contributed by atoms with Crippen molar-refractivity contribution in [2.24, 2.45) is 0 Å². The molecule has 0 saturated heterocycles. The molecule has 17 heavy (non-hydrogen) atoms. The fourth-order valence-corrected chi connectivity index (χ4v) is 1.73. The standard InChI is InChI=1S/C13H9N3O/c17-13-11-8-4-5-9-16(11)15-12(14-13)10-6-2-1-3-7-10/h1-9H/p+1. The zero-order chi connectivity index (χ0) is 11.7. The summed E-state index contributed by atoms with van der Waals surface area (Å²) in [5, 5.41) is 4.37. The number of H-pyrrole nitrogens is 1. The summed E-state index contributed by atoms with van der Waals surface area (Å²) in [6.45, 7) is 0. The van der Waals surface area contributed by atoms with Crippen LogP contribution in [0.2, 0.25) is 0 Å². The Morgan fingerprint density at radius 1 is 1.00 bits per heavy atom. The van der Waals surface area contributed by atoms with Crippen molar-refractivity contribution in [3.8, 4) is 11.4 Å². The van der Waals surface area contributed by atoms with Gasteiger partial charge in [-0.3, -0.25) is 9.78 Å². The Morgan fingerprint density at radius 2 is 1.76 bits per heavy atom. The SMILES string of the molecule is O=c1[nH]c(-c2ccccc2)n[n+]2ccccc12. The van der Waals surface area contributed by atoms with Crippen molar-refractivity contribution in [3.63, 3.8) is 0 Å². The molecule has 0 unspecified atom stereocenters. The molecule has 1 aromatic carbocycles. The van der Waals surface area contributed by atoms with Gasteiger partial charge in [0, 0.05) is 22.8 Å². The molecule has 0 spiro atoms. The van der Waals surface area contributed by atoms with Crippen molar-refractivity contribution in [2.45, 2.75) is 0 Å². The van der Waals surface area contributed by atoms with Crippen molar-refractivity contribution >= 4 is 5.52 Å². The van der Waals surface area contributed by atoms with Gasteiger partial charge in [-0.2, -0.15) is 0 Å². The van der Waals surface area contributed by atoms with E-state index in [-0.39, 0.29) is 5.56 Å². The number of nitrogens with zero attached hydrogens (tertiary/aromatic N) is 2. The molecule has 2 aromatic heterocycles. The minimum absolute atomic E-state index is 0.139. The van der Waals surface area contributed by atoms with E-state index < -0.39 is 0 Å². The topological polar surface area (TPSA) is 49.9 Å². The van der Waals surface area contributed by atoms with Crippen LogP contribution >= 0.6 is 0 Å². The third-order valence-electron chi connectivity index (χ3n) is 2.56. The van der Waals surface area contributed by atoms with Crippen LogP contribution in [0.5, 0.6) is 0 Å². The molecule has 3 aromatic rings. The van der Waals surface area contributed by atoms with Crippen LogP contribution in [0.4, 0.5) is 0 Å². The molecule has 2 heterocycles. The highest BCUT2D eigenvalue weighted by atomic mass is 16.1. The van der Waals surface area contributed by atoms with E-state index in [1.807, 2.05) is 42.5 Å². The van der Waals surface area contributed by atoms with E-state index in [1.165, 1.54) is 0 Å². The Kier molecular flexibility index (Phi) is 2.19. The third-order valence-corrected chi connectivity index (χ3v) is 2.56. The molecule has 0 aliphatic carbocycles. The Bertz CT molecular complexity index is 719. The smallest absolute Gasteiger partial charge is 0.296 e. The number of pyridine rings is 1. The number of aromatic nitrogens is 3. The number of nitrogens with one attached hydrogen (secondary N) is 1. The van der Waals surface area contributed by atoms with Gasteiger partial charge in [0.25, 0.3) is 0 Å². The summed E-state index contributed by atoms with van der Waals surface area (Å²) in [6.07, 6.45) is 1.76. The van der Waals surface area contributed by atoms with Crippen molar-refractivity contribution in [1.82, 2.24) is 10.1 Å². The van der Waals surface area contributed by atoms with Crippen LogP contribution in [0.25, 0.3) is 16.9 Å². The van der Waals surface area contributed by atoms with Gasteiger partial charge in [-0.15, -0.1) is 0 Å². The molecule has 0 saturated carbocycles. The second-order valence-electron chi connectivity index (χ2n) is 3.70. The Labute approximate surface area is 97.2 Å². The van der Waals surface area contributed by atoms with E-state index in [2.05, 4.69) is 10.1 Å². The normalized spacial score (nSPS) is 10.6. The molecule has 0 bridgehead atoms. The van der Waals surface area contributed by atoms with E-state index >= 15 is 0 Å². The number of aromatic amines is 1. The molecule has 0 atom stereocenters.